The van der Waals surface area contributed by atoms with Crippen molar-refractivity contribution >= 4 is 11.4 Å². The summed E-state index contributed by atoms with van der Waals surface area (Å²) in [6, 6.07) is 6.03. The van der Waals surface area contributed by atoms with Gasteiger partial charge in [0.25, 0.3) is 0 Å². The van der Waals surface area contributed by atoms with Crippen LogP contribution in [0.3, 0.4) is 0 Å². The molecule has 1 amide bonds. The lowest BCUT2D eigenvalue weighted by Gasteiger charge is -2.15. The van der Waals surface area contributed by atoms with Gasteiger partial charge in [-0.05, 0) is 25.0 Å². The molecule has 0 aliphatic carbocycles. The van der Waals surface area contributed by atoms with Crippen molar-refractivity contribution < 1.29 is 4.79 Å². The van der Waals surface area contributed by atoms with E-state index in [4.69, 9.17) is 0 Å². The molecule has 2 aromatic rings. The lowest BCUT2D eigenvalue weighted by atomic mass is 10.2. The van der Waals surface area contributed by atoms with E-state index in [2.05, 4.69) is 16.5 Å². The number of aromatic nitrogens is 2. The Balaban J connectivity index is 1.47. The molecule has 5 nitrogen and oxygen atoms in total. The summed E-state index contributed by atoms with van der Waals surface area (Å²) in [5, 5.41) is 7.63. The second kappa shape index (κ2) is 6.05. The van der Waals surface area contributed by atoms with Gasteiger partial charge in [0.2, 0.25) is 5.91 Å². The summed E-state index contributed by atoms with van der Waals surface area (Å²) in [6.07, 6.45) is 6.71. The molecule has 1 saturated heterocycles. The number of likely N-dealkylation sites (tertiary alicyclic amines) is 1. The van der Waals surface area contributed by atoms with Crippen LogP contribution in [0, 0.1) is 0 Å². The zero-order valence-corrected chi connectivity index (χ0v) is 11.6. The van der Waals surface area contributed by atoms with Crippen molar-refractivity contribution in [3.05, 3.63) is 36.2 Å². The Morgan fingerprint density at radius 3 is 3.00 bits per heavy atom. The van der Waals surface area contributed by atoms with Crippen molar-refractivity contribution in [3.63, 3.8) is 0 Å². The van der Waals surface area contributed by atoms with Crippen molar-refractivity contribution in [3.8, 4) is 0 Å². The van der Waals surface area contributed by atoms with Gasteiger partial charge < -0.3 is 10.2 Å². The van der Waals surface area contributed by atoms with Gasteiger partial charge in [0.15, 0.2) is 0 Å². The van der Waals surface area contributed by atoms with Crippen LogP contribution in [0.2, 0.25) is 0 Å². The van der Waals surface area contributed by atoms with Gasteiger partial charge in [-0.15, -0.1) is 0 Å². The van der Waals surface area contributed by atoms with Crippen LogP contribution in [0.1, 0.15) is 24.8 Å². The van der Waals surface area contributed by atoms with Crippen molar-refractivity contribution in [2.75, 3.05) is 19.6 Å². The SMILES string of the molecule is O=C(CCNCc1cnn2ccccc12)N1CCCC1. The van der Waals surface area contributed by atoms with Crippen LogP contribution in [0.25, 0.3) is 5.52 Å². The highest BCUT2D eigenvalue weighted by Gasteiger charge is 2.16. The minimum atomic E-state index is 0.273. The van der Waals surface area contributed by atoms with Crippen LogP contribution < -0.4 is 5.32 Å². The molecule has 1 fully saturated rings. The molecule has 3 heterocycles. The smallest absolute Gasteiger partial charge is 0.223 e. The number of carbonyl (C=O) groups excluding carboxylic acids is 1. The number of nitrogens with zero attached hydrogens (tertiary/aromatic N) is 3. The van der Waals surface area contributed by atoms with E-state index in [0.717, 1.165) is 44.5 Å². The van der Waals surface area contributed by atoms with E-state index in [1.165, 1.54) is 5.56 Å². The standard InChI is InChI=1S/C15H20N4O/c20-15(18-8-3-4-9-18)6-7-16-11-13-12-17-19-10-2-1-5-14(13)19/h1-2,5,10,12,16H,3-4,6-9,11H2. The Morgan fingerprint density at radius 2 is 2.15 bits per heavy atom. The lowest BCUT2D eigenvalue weighted by molar-refractivity contribution is -0.130. The Bertz CT molecular complexity index is 586. The highest BCUT2D eigenvalue weighted by atomic mass is 16.2. The van der Waals surface area contributed by atoms with Crippen LogP contribution in [-0.4, -0.2) is 40.1 Å². The van der Waals surface area contributed by atoms with E-state index in [1.807, 2.05) is 33.9 Å². The molecule has 106 valence electrons. The summed E-state index contributed by atoms with van der Waals surface area (Å²) in [5.74, 6) is 0.273. The third-order valence-electron chi connectivity index (χ3n) is 3.80. The number of carbonyl (C=O) groups is 1. The molecule has 20 heavy (non-hydrogen) atoms. The monoisotopic (exact) mass is 272 g/mol. The first-order valence-corrected chi connectivity index (χ1v) is 7.24. The molecule has 0 atom stereocenters. The molecule has 0 aromatic carbocycles. The first-order chi connectivity index (χ1) is 9.84. The minimum Gasteiger partial charge on any atom is -0.343 e. The van der Waals surface area contributed by atoms with E-state index in [1.54, 1.807) is 0 Å². The van der Waals surface area contributed by atoms with E-state index in [9.17, 15) is 4.79 Å². The van der Waals surface area contributed by atoms with Crippen LogP contribution >= 0.6 is 0 Å². The van der Waals surface area contributed by atoms with Gasteiger partial charge in [-0.25, -0.2) is 4.52 Å². The van der Waals surface area contributed by atoms with Crippen LogP contribution in [0.4, 0.5) is 0 Å². The molecule has 0 spiro atoms. The fourth-order valence-electron chi connectivity index (χ4n) is 2.67. The summed E-state index contributed by atoms with van der Waals surface area (Å²) in [5.41, 5.74) is 2.28. The number of hydrogen-bond donors (Lipinski definition) is 1. The van der Waals surface area contributed by atoms with Gasteiger partial charge in [0, 0.05) is 44.4 Å². The molecule has 0 unspecified atom stereocenters. The number of nitrogens with one attached hydrogen (secondary N) is 1. The van der Waals surface area contributed by atoms with E-state index in [0.29, 0.717) is 6.42 Å². The topological polar surface area (TPSA) is 49.6 Å². The number of fused-ring (bicyclic) bond motifs is 1. The highest BCUT2D eigenvalue weighted by molar-refractivity contribution is 5.76. The van der Waals surface area contributed by atoms with Crippen molar-refractivity contribution in [1.82, 2.24) is 19.8 Å². The number of amides is 1. The molecule has 1 aliphatic heterocycles. The number of hydrogen-bond acceptors (Lipinski definition) is 3. The van der Waals surface area contributed by atoms with E-state index >= 15 is 0 Å². The predicted octanol–water partition coefficient (Wildman–Crippen LogP) is 1.44. The summed E-state index contributed by atoms with van der Waals surface area (Å²) in [7, 11) is 0. The highest BCUT2D eigenvalue weighted by Crippen LogP contribution is 2.10. The molecular formula is C15H20N4O. The summed E-state index contributed by atoms with van der Waals surface area (Å²) >= 11 is 0. The third kappa shape index (κ3) is 2.82. The van der Waals surface area contributed by atoms with Crippen molar-refractivity contribution in [2.24, 2.45) is 0 Å². The lowest BCUT2D eigenvalue weighted by Crippen LogP contribution is -2.30. The molecule has 2 aromatic heterocycles. The van der Waals surface area contributed by atoms with Crippen molar-refractivity contribution in [1.29, 1.82) is 0 Å². The second-order valence-corrected chi connectivity index (χ2v) is 5.21. The van der Waals surface area contributed by atoms with Gasteiger partial charge in [-0.3, -0.25) is 4.79 Å². The summed E-state index contributed by atoms with van der Waals surface area (Å²) in [4.78, 5) is 13.9. The first-order valence-electron chi connectivity index (χ1n) is 7.24. The molecule has 1 N–H and O–H groups in total. The van der Waals surface area contributed by atoms with E-state index < -0.39 is 0 Å². The molecule has 5 heteroatoms. The van der Waals surface area contributed by atoms with Gasteiger partial charge in [-0.2, -0.15) is 5.10 Å². The third-order valence-corrected chi connectivity index (χ3v) is 3.80. The van der Waals surface area contributed by atoms with E-state index in [-0.39, 0.29) is 5.91 Å². The number of pyridine rings is 1. The quantitative estimate of drug-likeness (QED) is 0.838. The fourth-order valence-corrected chi connectivity index (χ4v) is 2.67. The van der Waals surface area contributed by atoms with Crippen LogP contribution in [0.5, 0.6) is 0 Å². The summed E-state index contributed by atoms with van der Waals surface area (Å²) in [6.45, 7) is 3.35. The van der Waals surface area contributed by atoms with Crippen LogP contribution in [-0.2, 0) is 11.3 Å². The molecular weight excluding hydrogens is 252 g/mol. The zero-order valence-electron chi connectivity index (χ0n) is 11.6. The maximum atomic E-state index is 11.9. The Labute approximate surface area is 118 Å². The Kier molecular flexibility index (Phi) is 3.97. The molecule has 0 saturated carbocycles. The zero-order chi connectivity index (χ0) is 13.8. The first kappa shape index (κ1) is 13.1. The van der Waals surface area contributed by atoms with Gasteiger partial charge in [0.1, 0.15) is 0 Å². The number of rotatable bonds is 5. The molecule has 3 rings (SSSR count). The van der Waals surface area contributed by atoms with Gasteiger partial charge >= 0.3 is 0 Å². The van der Waals surface area contributed by atoms with Gasteiger partial charge in [-0.1, -0.05) is 6.07 Å². The van der Waals surface area contributed by atoms with Gasteiger partial charge in [0.05, 0.1) is 11.7 Å². The predicted molar refractivity (Wildman–Crippen MR) is 77.3 cm³/mol. The second-order valence-electron chi connectivity index (χ2n) is 5.21. The molecule has 0 bridgehead atoms. The summed E-state index contributed by atoms with van der Waals surface area (Å²) < 4.78 is 1.87. The maximum absolute atomic E-state index is 11.9. The average molecular weight is 272 g/mol. The average Bonchev–Trinajstić information content (AvgIpc) is 3.13. The largest absolute Gasteiger partial charge is 0.343 e. The molecule has 1 aliphatic rings. The van der Waals surface area contributed by atoms with Crippen molar-refractivity contribution in [2.45, 2.75) is 25.8 Å². The maximum Gasteiger partial charge on any atom is 0.223 e. The normalized spacial score (nSPS) is 15.1. The fraction of sp³-hybridized carbons (Fsp3) is 0.467. The Morgan fingerprint density at radius 1 is 1.30 bits per heavy atom. The minimum absolute atomic E-state index is 0.273. The Hall–Kier alpha value is -1.88. The van der Waals surface area contributed by atoms with Crippen LogP contribution in [0.15, 0.2) is 30.6 Å². The molecule has 0 radical (unpaired) electrons.